The van der Waals surface area contributed by atoms with Crippen LogP contribution in [0.25, 0.3) is 11.5 Å². The van der Waals surface area contributed by atoms with E-state index in [4.69, 9.17) is 25.5 Å². The topological polar surface area (TPSA) is 60.6 Å². The predicted molar refractivity (Wildman–Crippen MR) is 80.7 cm³/mol. The molecule has 0 radical (unpaired) electrons. The first-order valence-electron chi connectivity index (χ1n) is 6.55. The van der Waals surface area contributed by atoms with Gasteiger partial charge in [0.1, 0.15) is 11.5 Å². The van der Waals surface area contributed by atoms with Crippen molar-refractivity contribution in [1.82, 2.24) is 9.97 Å². The van der Waals surface area contributed by atoms with Crippen LogP contribution in [-0.2, 0) is 9.47 Å². The Kier molecular flexibility index (Phi) is 5.98. The maximum absolute atomic E-state index is 6.10. The van der Waals surface area contributed by atoms with Crippen LogP contribution in [0.1, 0.15) is 0 Å². The number of halogens is 1. The van der Waals surface area contributed by atoms with E-state index >= 15 is 0 Å². The Labute approximate surface area is 128 Å². The lowest BCUT2D eigenvalue weighted by atomic mass is 10.3. The quantitative estimate of drug-likeness (QED) is 0.746. The molecular weight excluding hydrogens is 294 g/mol. The molecular formula is C14H18ClN3O3. The molecule has 2 rings (SSSR count). The Bertz CT molecular complexity index is 540. The fourth-order valence-corrected chi connectivity index (χ4v) is 2.02. The summed E-state index contributed by atoms with van der Waals surface area (Å²) >= 11 is 6.10. The molecule has 0 atom stereocenters. The highest BCUT2D eigenvalue weighted by atomic mass is 35.5. The molecule has 7 heteroatoms. The first-order chi connectivity index (χ1) is 10.3. The molecule has 2 aromatic rings. The highest BCUT2D eigenvalue weighted by Gasteiger charge is 2.14. The van der Waals surface area contributed by atoms with Crippen molar-refractivity contribution in [3.05, 3.63) is 29.7 Å². The molecule has 0 spiro atoms. The highest BCUT2D eigenvalue weighted by molar-refractivity contribution is 6.31. The smallest absolute Gasteiger partial charge is 0.158 e. The van der Waals surface area contributed by atoms with Crippen LogP contribution in [-0.4, -0.2) is 50.5 Å². The summed E-state index contributed by atoms with van der Waals surface area (Å²) in [6.45, 7) is 2.55. The first-order valence-corrected chi connectivity index (χ1v) is 6.93. The molecule has 0 saturated heterocycles. The van der Waals surface area contributed by atoms with Gasteiger partial charge in [0, 0.05) is 27.3 Å². The average molecular weight is 312 g/mol. The monoisotopic (exact) mass is 311 g/mol. The molecule has 0 aromatic carbocycles. The molecule has 114 valence electrons. The van der Waals surface area contributed by atoms with E-state index in [1.54, 1.807) is 38.8 Å². The van der Waals surface area contributed by atoms with Gasteiger partial charge in [0.25, 0.3) is 0 Å². The van der Waals surface area contributed by atoms with E-state index in [9.17, 15) is 0 Å². The summed E-state index contributed by atoms with van der Waals surface area (Å²) in [5.41, 5.74) is 0.527. The Morgan fingerprint density at radius 3 is 2.52 bits per heavy atom. The van der Waals surface area contributed by atoms with E-state index in [1.165, 1.54) is 0 Å². The Morgan fingerprint density at radius 1 is 1.24 bits per heavy atom. The number of methoxy groups -OCH3 is 2. The summed E-state index contributed by atoms with van der Waals surface area (Å²) in [4.78, 5) is 10.8. The number of anilines is 1. The molecule has 0 aliphatic carbocycles. The van der Waals surface area contributed by atoms with Crippen molar-refractivity contribution in [2.45, 2.75) is 0 Å². The second-order valence-electron chi connectivity index (χ2n) is 4.32. The number of ether oxygens (including phenoxy) is 2. The molecule has 0 fully saturated rings. The summed E-state index contributed by atoms with van der Waals surface area (Å²) in [7, 11) is 3.33. The minimum absolute atomic E-state index is 0.312. The molecule has 0 N–H and O–H groups in total. The van der Waals surface area contributed by atoms with Crippen molar-refractivity contribution in [1.29, 1.82) is 0 Å². The molecule has 0 aliphatic rings. The van der Waals surface area contributed by atoms with E-state index in [1.807, 2.05) is 4.90 Å². The van der Waals surface area contributed by atoms with Crippen LogP contribution >= 0.6 is 11.6 Å². The third-order valence-corrected chi connectivity index (χ3v) is 3.20. The molecule has 0 amide bonds. The van der Waals surface area contributed by atoms with Crippen LogP contribution in [0.5, 0.6) is 0 Å². The van der Waals surface area contributed by atoms with Gasteiger partial charge < -0.3 is 18.8 Å². The van der Waals surface area contributed by atoms with Gasteiger partial charge in [-0.05, 0) is 12.1 Å². The molecule has 0 aliphatic heterocycles. The second-order valence-corrected chi connectivity index (χ2v) is 4.68. The standard InChI is InChI=1S/C14H18ClN3O3/c1-19-8-5-18(6-9-20-2)12-10-16-14(15)13(17-12)11-4-3-7-21-11/h3-4,7,10H,5-6,8-9H2,1-2H3. The lowest BCUT2D eigenvalue weighted by Gasteiger charge is -2.23. The van der Waals surface area contributed by atoms with Crippen LogP contribution < -0.4 is 4.90 Å². The number of hydrogen-bond donors (Lipinski definition) is 0. The van der Waals surface area contributed by atoms with Crippen LogP contribution in [0.3, 0.4) is 0 Å². The third-order valence-electron chi connectivity index (χ3n) is 2.92. The van der Waals surface area contributed by atoms with Crippen LogP contribution in [0.4, 0.5) is 5.82 Å². The number of furan rings is 1. The normalized spacial score (nSPS) is 10.8. The Hall–Kier alpha value is -1.63. The molecule has 2 aromatic heterocycles. The molecule has 0 unspecified atom stereocenters. The molecule has 6 nitrogen and oxygen atoms in total. The molecule has 21 heavy (non-hydrogen) atoms. The summed E-state index contributed by atoms with van der Waals surface area (Å²) in [5, 5.41) is 0.312. The largest absolute Gasteiger partial charge is 0.463 e. The third kappa shape index (κ3) is 4.17. The van der Waals surface area contributed by atoms with E-state index in [2.05, 4.69) is 9.97 Å². The minimum atomic E-state index is 0.312. The van der Waals surface area contributed by atoms with Crippen LogP contribution in [0.15, 0.2) is 29.0 Å². The van der Waals surface area contributed by atoms with E-state index in [-0.39, 0.29) is 0 Å². The van der Waals surface area contributed by atoms with E-state index in [0.29, 0.717) is 48.7 Å². The summed E-state index contributed by atoms with van der Waals surface area (Å²) in [6.07, 6.45) is 3.22. The van der Waals surface area contributed by atoms with Crippen molar-refractivity contribution in [2.24, 2.45) is 0 Å². The summed E-state index contributed by atoms with van der Waals surface area (Å²) < 4.78 is 15.6. The fraction of sp³-hybridized carbons (Fsp3) is 0.429. The first kappa shape index (κ1) is 15.8. The van der Waals surface area contributed by atoms with Crippen molar-refractivity contribution in [2.75, 3.05) is 45.4 Å². The lowest BCUT2D eigenvalue weighted by Crippen LogP contribution is -2.31. The minimum Gasteiger partial charge on any atom is -0.463 e. The van der Waals surface area contributed by atoms with E-state index in [0.717, 1.165) is 0 Å². The zero-order chi connectivity index (χ0) is 15.1. The van der Waals surface area contributed by atoms with Gasteiger partial charge in [-0.25, -0.2) is 9.97 Å². The maximum Gasteiger partial charge on any atom is 0.158 e. The van der Waals surface area contributed by atoms with Crippen LogP contribution in [0.2, 0.25) is 5.15 Å². The number of aromatic nitrogens is 2. The van der Waals surface area contributed by atoms with Gasteiger partial charge in [0.2, 0.25) is 0 Å². The van der Waals surface area contributed by atoms with Gasteiger partial charge in [-0.15, -0.1) is 0 Å². The zero-order valence-corrected chi connectivity index (χ0v) is 12.8. The predicted octanol–water partition coefficient (Wildman–Crippen LogP) is 2.49. The fourth-order valence-electron chi connectivity index (χ4n) is 1.83. The van der Waals surface area contributed by atoms with Gasteiger partial charge in [-0.2, -0.15) is 0 Å². The van der Waals surface area contributed by atoms with Crippen LogP contribution in [0, 0.1) is 0 Å². The second kappa shape index (κ2) is 7.97. The molecule has 0 saturated carbocycles. The zero-order valence-electron chi connectivity index (χ0n) is 12.1. The summed E-state index contributed by atoms with van der Waals surface area (Å²) in [6, 6.07) is 3.59. The summed E-state index contributed by atoms with van der Waals surface area (Å²) in [5.74, 6) is 1.30. The lowest BCUT2D eigenvalue weighted by molar-refractivity contribution is 0.190. The maximum atomic E-state index is 6.10. The SMILES string of the molecule is COCCN(CCOC)c1cnc(Cl)c(-c2ccco2)n1. The van der Waals surface area contributed by atoms with Gasteiger partial charge in [0.05, 0.1) is 25.7 Å². The molecule has 0 bridgehead atoms. The average Bonchev–Trinajstić information content (AvgIpc) is 3.02. The number of rotatable bonds is 8. The van der Waals surface area contributed by atoms with Gasteiger partial charge in [-0.3, -0.25) is 0 Å². The van der Waals surface area contributed by atoms with Crippen molar-refractivity contribution in [3.8, 4) is 11.5 Å². The van der Waals surface area contributed by atoms with Crippen molar-refractivity contribution >= 4 is 17.4 Å². The number of nitrogens with zero attached hydrogens (tertiary/aromatic N) is 3. The Balaban J connectivity index is 2.25. The highest BCUT2D eigenvalue weighted by Crippen LogP contribution is 2.26. The Morgan fingerprint density at radius 2 is 1.95 bits per heavy atom. The van der Waals surface area contributed by atoms with Crippen molar-refractivity contribution in [3.63, 3.8) is 0 Å². The molecule has 2 heterocycles. The van der Waals surface area contributed by atoms with Crippen molar-refractivity contribution < 1.29 is 13.9 Å². The van der Waals surface area contributed by atoms with Gasteiger partial charge >= 0.3 is 0 Å². The number of hydrogen-bond acceptors (Lipinski definition) is 6. The van der Waals surface area contributed by atoms with Gasteiger partial charge in [-0.1, -0.05) is 11.6 Å². The van der Waals surface area contributed by atoms with E-state index < -0.39 is 0 Å². The van der Waals surface area contributed by atoms with Gasteiger partial charge in [0.15, 0.2) is 10.9 Å².